The van der Waals surface area contributed by atoms with Crippen molar-refractivity contribution in [3.05, 3.63) is 95.4 Å². The Kier molecular flexibility index (Phi) is 3.47. The van der Waals surface area contributed by atoms with Crippen LogP contribution in [0.15, 0.2) is 78.7 Å². The number of rotatable bonds is 1. The standard InChI is InChI=1S/C22H19N/c1-16-11-13-18(14-12-16)22-17-6-2-3-15-23-21-10-5-8-19(21)20(22)9-4-7-17/h2-9,11-15,23H,10H2,1H3/b6-2-,15-3+. The van der Waals surface area contributed by atoms with Gasteiger partial charge in [-0.25, -0.2) is 0 Å². The highest BCUT2D eigenvalue weighted by molar-refractivity contribution is 5.92. The van der Waals surface area contributed by atoms with Crippen molar-refractivity contribution in [1.82, 2.24) is 5.32 Å². The quantitative estimate of drug-likeness (QED) is 0.736. The molecule has 1 heterocycles. The molecule has 23 heavy (non-hydrogen) atoms. The predicted molar refractivity (Wildman–Crippen MR) is 98.6 cm³/mol. The summed E-state index contributed by atoms with van der Waals surface area (Å²) in [6.07, 6.45) is 13.8. The molecule has 1 N–H and O–H groups in total. The third-order valence-corrected chi connectivity index (χ3v) is 4.40. The molecule has 0 radical (unpaired) electrons. The Hall–Kier alpha value is -2.80. The van der Waals surface area contributed by atoms with Crippen LogP contribution in [0.4, 0.5) is 0 Å². The Bertz CT molecular complexity index is 861. The second-order valence-corrected chi connectivity index (χ2v) is 6.00. The van der Waals surface area contributed by atoms with Gasteiger partial charge in [0.25, 0.3) is 0 Å². The zero-order valence-electron chi connectivity index (χ0n) is 13.2. The van der Waals surface area contributed by atoms with E-state index in [-0.39, 0.29) is 0 Å². The Morgan fingerprint density at radius 3 is 2.65 bits per heavy atom. The van der Waals surface area contributed by atoms with Crippen molar-refractivity contribution in [2.75, 3.05) is 0 Å². The predicted octanol–water partition coefficient (Wildman–Crippen LogP) is 5.46. The van der Waals surface area contributed by atoms with Crippen LogP contribution in [0.3, 0.4) is 0 Å². The summed E-state index contributed by atoms with van der Waals surface area (Å²) in [4.78, 5) is 0. The van der Waals surface area contributed by atoms with Crippen molar-refractivity contribution in [2.24, 2.45) is 0 Å². The van der Waals surface area contributed by atoms with Crippen molar-refractivity contribution >= 4 is 11.6 Å². The van der Waals surface area contributed by atoms with Crippen LogP contribution in [0.25, 0.3) is 22.8 Å². The largest absolute Gasteiger partial charge is 0.364 e. The molecule has 0 aromatic heterocycles. The molecule has 2 aliphatic rings. The highest BCUT2D eigenvalue weighted by Gasteiger charge is 2.17. The van der Waals surface area contributed by atoms with Crippen molar-refractivity contribution < 1.29 is 0 Å². The molecule has 112 valence electrons. The zero-order chi connectivity index (χ0) is 15.6. The topological polar surface area (TPSA) is 12.0 Å². The normalized spacial score (nSPS) is 18.3. The summed E-state index contributed by atoms with van der Waals surface area (Å²) in [5.41, 5.74) is 8.97. The molecule has 1 aliphatic heterocycles. The molecule has 0 atom stereocenters. The molecular formula is C22H19N. The second-order valence-electron chi connectivity index (χ2n) is 6.00. The summed E-state index contributed by atoms with van der Waals surface area (Å²) in [6, 6.07) is 15.4. The van der Waals surface area contributed by atoms with E-state index in [4.69, 9.17) is 0 Å². The first-order valence-corrected chi connectivity index (χ1v) is 8.03. The lowest BCUT2D eigenvalue weighted by Gasteiger charge is -2.16. The Morgan fingerprint density at radius 2 is 1.78 bits per heavy atom. The van der Waals surface area contributed by atoms with E-state index in [0.29, 0.717) is 0 Å². The Labute approximate surface area is 137 Å². The summed E-state index contributed by atoms with van der Waals surface area (Å²) in [5.74, 6) is 0. The number of hydrogen-bond acceptors (Lipinski definition) is 1. The van der Waals surface area contributed by atoms with Gasteiger partial charge < -0.3 is 5.32 Å². The van der Waals surface area contributed by atoms with Crippen molar-refractivity contribution in [2.45, 2.75) is 13.3 Å². The molecular weight excluding hydrogens is 278 g/mol. The second kappa shape index (κ2) is 5.77. The van der Waals surface area contributed by atoms with Gasteiger partial charge >= 0.3 is 0 Å². The van der Waals surface area contributed by atoms with Gasteiger partial charge in [0, 0.05) is 23.9 Å². The molecule has 1 heteroatoms. The number of nitrogens with one attached hydrogen (secondary N) is 1. The van der Waals surface area contributed by atoms with Crippen LogP contribution < -0.4 is 5.32 Å². The van der Waals surface area contributed by atoms with Gasteiger partial charge in [-0.3, -0.25) is 0 Å². The van der Waals surface area contributed by atoms with Gasteiger partial charge in [0.15, 0.2) is 0 Å². The first-order chi connectivity index (χ1) is 11.3. The highest BCUT2D eigenvalue weighted by Crippen LogP contribution is 2.37. The molecule has 2 bridgehead atoms. The lowest BCUT2D eigenvalue weighted by molar-refractivity contribution is 1.01. The number of allylic oxidation sites excluding steroid dienone is 5. The van der Waals surface area contributed by atoms with Crippen LogP contribution in [-0.4, -0.2) is 0 Å². The molecule has 0 unspecified atom stereocenters. The average molecular weight is 297 g/mol. The van der Waals surface area contributed by atoms with E-state index in [2.05, 4.69) is 85.1 Å². The lowest BCUT2D eigenvalue weighted by atomic mass is 9.89. The van der Waals surface area contributed by atoms with E-state index in [1.54, 1.807) is 0 Å². The summed E-state index contributed by atoms with van der Waals surface area (Å²) < 4.78 is 0. The van der Waals surface area contributed by atoms with Crippen LogP contribution in [0.1, 0.15) is 23.1 Å². The molecule has 0 spiro atoms. The average Bonchev–Trinajstić information content (AvgIpc) is 3.03. The molecule has 1 aliphatic carbocycles. The maximum Gasteiger partial charge on any atom is 0.0264 e. The molecule has 2 aromatic rings. The van der Waals surface area contributed by atoms with E-state index in [9.17, 15) is 0 Å². The minimum atomic E-state index is 0.959. The van der Waals surface area contributed by atoms with Crippen LogP contribution in [0.5, 0.6) is 0 Å². The van der Waals surface area contributed by atoms with Crippen molar-refractivity contribution in [3.8, 4) is 11.1 Å². The molecule has 4 rings (SSSR count). The maximum atomic E-state index is 3.43. The van der Waals surface area contributed by atoms with Crippen LogP contribution in [0, 0.1) is 6.92 Å². The Morgan fingerprint density at radius 1 is 0.913 bits per heavy atom. The maximum absolute atomic E-state index is 3.43. The minimum absolute atomic E-state index is 0.959. The van der Waals surface area contributed by atoms with E-state index in [0.717, 1.165) is 6.42 Å². The zero-order valence-corrected chi connectivity index (χ0v) is 13.2. The van der Waals surface area contributed by atoms with E-state index in [1.807, 2.05) is 6.20 Å². The molecule has 0 saturated carbocycles. The smallest absolute Gasteiger partial charge is 0.0264 e. The lowest BCUT2D eigenvalue weighted by Crippen LogP contribution is -2.05. The van der Waals surface area contributed by atoms with Gasteiger partial charge in [0.05, 0.1) is 0 Å². The van der Waals surface area contributed by atoms with Gasteiger partial charge in [-0.05, 0) is 35.3 Å². The molecule has 0 saturated heterocycles. The van der Waals surface area contributed by atoms with Gasteiger partial charge in [0.2, 0.25) is 0 Å². The van der Waals surface area contributed by atoms with Crippen molar-refractivity contribution in [1.29, 1.82) is 0 Å². The Balaban J connectivity index is 2.01. The third-order valence-electron chi connectivity index (χ3n) is 4.40. The van der Waals surface area contributed by atoms with Crippen molar-refractivity contribution in [3.63, 3.8) is 0 Å². The molecule has 0 amide bonds. The first-order valence-electron chi connectivity index (χ1n) is 8.03. The fourth-order valence-electron chi connectivity index (χ4n) is 3.23. The first kappa shape index (κ1) is 13.8. The van der Waals surface area contributed by atoms with Gasteiger partial charge in [0.1, 0.15) is 0 Å². The number of aryl methyl sites for hydroxylation is 1. The number of fused-ring (bicyclic) bond motifs is 3. The van der Waals surface area contributed by atoms with Crippen LogP contribution in [0.2, 0.25) is 0 Å². The van der Waals surface area contributed by atoms with E-state index >= 15 is 0 Å². The molecule has 2 aromatic carbocycles. The van der Waals surface area contributed by atoms with Gasteiger partial charge in [-0.15, -0.1) is 0 Å². The molecule has 1 nitrogen and oxygen atoms in total. The third kappa shape index (κ3) is 2.55. The number of benzene rings is 2. The highest BCUT2D eigenvalue weighted by atomic mass is 14.9. The van der Waals surface area contributed by atoms with Crippen LogP contribution >= 0.6 is 0 Å². The minimum Gasteiger partial charge on any atom is -0.364 e. The van der Waals surface area contributed by atoms with Gasteiger partial charge in [-0.2, -0.15) is 0 Å². The SMILES string of the molecule is Cc1ccc(-c2c3cccc2C2=C(CC=C2)N/C=C/C=C\3)cc1. The summed E-state index contributed by atoms with van der Waals surface area (Å²) in [6.45, 7) is 2.13. The fourth-order valence-corrected chi connectivity index (χ4v) is 3.23. The fraction of sp³-hybridized carbons (Fsp3) is 0.0909. The van der Waals surface area contributed by atoms with E-state index < -0.39 is 0 Å². The summed E-state index contributed by atoms with van der Waals surface area (Å²) >= 11 is 0. The molecule has 0 fully saturated rings. The summed E-state index contributed by atoms with van der Waals surface area (Å²) in [7, 11) is 0. The summed E-state index contributed by atoms with van der Waals surface area (Å²) in [5, 5.41) is 3.43. The van der Waals surface area contributed by atoms with Crippen LogP contribution in [-0.2, 0) is 0 Å². The number of hydrogen-bond donors (Lipinski definition) is 1. The van der Waals surface area contributed by atoms with E-state index in [1.165, 1.54) is 39.1 Å². The van der Waals surface area contributed by atoms with Gasteiger partial charge in [-0.1, -0.05) is 72.3 Å². The monoisotopic (exact) mass is 297 g/mol.